The molecule has 2 N–H and O–H groups in total. The molecule has 0 aliphatic carbocycles. The third-order valence-corrected chi connectivity index (χ3v) is 6.52. The number of pyridine rings is 1. The molecule has 4 aromatic rings. The van der Waals surface area contributed by atoms with Crippen LogP contribution in [0.5, 0.6) is 5.75 Å². The van der Waals surface area contributed by atoms with E-state index in [2.05, 4.69) is 10.3 Å². The van der Waals surface area contributed by atoms with E-state index in [1.165, 1.54) is 0 Å². The van der Waals surface area contributed by atoms with Crippen LogP contribution in [0, 0.1) is 0 Å². The lowest BCUT2D eigenvalue weighted by Gasteiger charge is -2.24. The molecule has 0 aliphatic rings. The Balaban J connectivity index is 1.62. The first-order valence-corrected chi connectivity index (χ1v) is 13.0. The molecule has 0 fully saturated rings. The summed E-state index contributed by atoms with van der Waals surface area (Å²) in [4.78, 5) is 44.2. The number of amides is 2. The minimum absolute atomic E-state index is 0.0465. The quantitative estimate of drug-likeness (QED) is 0.268. The van der Waals surface area contributed by atoms with Crippen LogP contribution in [0.1, 0.15) is 38.3 Å². The minimum Gasteiger partial charge on any atom is -0.496 e. The molecule has 2 amide bonds. The van der Waals surface area contributed by atoms with Gasteiger partial charge in [0, 0.05) is 43.2 Å². The predicted molar refractivity (Wildman–Crippen MR) is 152 cm³/mol. The van der Waals surface area contributed by atoms with E-state index in [4.69, 9.17) is 4.74 Å². The smallest absolute Gasteiger partial charge is 0.305 e. The van der Waals surface area contributed by atoms with Crippen LogP contribution in [0.15, 0.2) is 97.3 Å². The topological polar surface area (TPSA) is 109 Å². The lowest BCUT2D eigenvalue weighted by molar-refractivity contribution is -0.137. The number of hydrogen-bond acceptors (Lipinski definition) is 5. The van der Waals surface area contributed by atoms with Crippen LogP contribution in [0.4, 0.5) is 0 Å². The number of rotatable bonds is 12. The van der Waals surface area contributed by atoms with Crippen LogP contribution in [-0.2, 0) is 17.8 Å². The summed E-state index contributed by atoms with van der Waals surface area (Å²) >= 11 is 0. The van der Waals surface area contributed by atoms with Gasteiger partial charge >= 0.3 is 5.97 Å². The van der Waals surface area contributed by atoms with Crippen molar-refractivity contribution in [1.82, 2.24) is 15.2 Å². The molecule has 0 saturated heterocycles. The number of carboxylic acid groups (broad SMARTS) is 1. The standard InChI is InChI=1S/C32H31N3O5/c1-40-29-15-7-2-10-24(29)16-19-35(20-17-30(36)37)32(39)28-14-6-4-12-26(28)25-11-3-5-13-27(25)31(38)34-22-23-9-8-18-33-21-23/h2-15,18,21H,16-17,19-20,22H2,1H3,(H,34,38)(H,36,37). The zero-order valence-electron chi connectivity index (χ0n) is 22.2. The van der Waals surface area contributed by atoms with E-state index >= 15 is 0 Å². The van der Waals surface area contributed by atoms with Crippen LogP contribution in [0.25, 0.3) is 11.1 Å². The minimum atomic E-state index is -0.987. The Hall–Kier alpha value is -4.98. The van der Waals surface area contributed by atoms with Crippen molar-refractivity contribution in [2.75, 3.05) is 20.2 Å². The van der Waals surface area contributed by atoms with Gasteiger partial charge in [-0.25, -0.2) is 0 Å². The monoisotopic (exact) mass is 537 g/mol. The van der Waals surface area contributed by atoms with Gasteiger partial charge < -0.3 is 20.1 Å². The Labute approximate surface area is 233 Å². The molecule has 8 heteroatoms. The Morgan fingerprint density at radius 1 is 0.850 bits per heavy atom. The van der Waals surface area contributed by atoms with Gasteiger partial charge in [0.15, 0.2) is 0 Å². The number of aliphatic carboxylic acids is 1. The fourth-order valence-electron chi connectivity index (χ4n) is 4.48. The van der Waals surface area contributed by atoms with Gasteiger partial charge in [0.2, 0.25) is 0 Å². The van der Waals surface area contributed by atoms with Gasteiger partial charge in [-0.15, -0.1) is 0 Å². The molecule has 1 heterocycles. The first-order chi connectivity index (χ1) is 19.5. The van der Waals surface area contributed by atoms with Gasteiger partial charge in [0.05, 0.1) is 13.5 Å². The number of carbonyl (C=O) groups is 3. The van der Waals surface area contributed by atoms with E-state index in [9.17, 15) is 19.5 Å². The lowest BCUT2D eigenvalue weighted by atomic mass is 9.94. The maximum atomic E-state index is 13.9. The summed E-state index contributed by atoms with van der Waals surface area (Å²) in [5.41, 5.74) is 3.81. The van der Waals surface area contributed by atoms with Crippen LogP contribution in [-0.4, -0.2) is 53.0 Å². The molecule has 4 rings (SSSR count). The summed E-state index contributed by atoms with van der Waals surface area (Å²) in [6.07, 6.45) is 3.67. The largest absolute Gasteiger partial charge is 0.496 e. The average Bonchev–Trinajstić information content (AvgIpc) is 3.00. The number of carboxylic acids is 1. The number of methoxy groups -OCH3 is 1. The third-order valence-electron chi connectivity index (χ3n) is 6.52. The molecule has 0 unspecified atom stereocenters. The molecular weight excluding hydrogens is 506 g/mol. The Kier molecular flexibility index (Phi) is 9.61. The lowest BCUT2D eigenvalue weighted by Crippen LogP contribution is -2.35. The number of hydrogen-bond donors (Lipinski definition) is 2. The van der Waals surface area contributed by atoms with Crippen molar-refractivity contribution >= 4 is 17.8 Å². The van der Waals surface area contributed by atoms with E-state index < -0.39 is 5.97 Å². The maximum absolute atomic E-state index is 13.9. The van der Waals surface area contributed by atoms with Crippen LogP contribution < -0.4 is 10.1 Å². The van der Waals surface area contributed by atoms with Crippen LogP contribution in [0.2, 0.25) is 0 Å². The zero-order valence-corrected chi connectivity index (χ0v) is 22.2. The SMILES string of the molecule is COc1ccccc1CCN(CCC(=O)O)C(=O)c1ccccc1-c1ccccc1C(=O)NCc1cccnc1. The second-order valence-electron chi connectivity index (χ2n) is 9.13. The number of benzene rings is 3. The fraction of sp³-hybridized carbons (Fsp3) is 0.188. The first-order valence-electron chi connectivity index (χ1n) is 13.0. The van der Waals surface area contributed by atoms with Gasteiger partial charge in [-0.2, -0.15) is 0 Å². The molecule has 0 saturated carbocycles. The number of ether oxygens (including phenoxy) is 1. The van der Waals surface area contributed by atoms with E-state index in [-0.39, 0.29) is 24.8 Å². The summed E-state index contributed by atoms with van der Waals surface area (Å²) in [6.45, 7) is 0.659. The Bertz CT molecular complexity index is 1470. The van der Waals surface area contributed by atoms with E-state index in [0.717, 1.165) is 11.1 Å². The van der Waals surface area contributed by atoms with Crippen molar-refractivity contribution in [3.8, 4) is 16.9 Å². The van der Waals surface area contributed by atoms with E-state index in [1.807, 2.05) is 48.5 Å². The van der Waals surface area contributed by atoms with Crippen LogP contribution >= 0.6 is 0 Å². The molecule has 0 aliphatic heterocycles. The zero-order chi connectivity index (χ0) is 28.3. The normalized spacial score (nSPS) is 10.5. The summed E-state index contributed by atoms with van der Waals surface area (Å²) < 4.78 is 5.44. The fourth-order valence-corrected chi connectivity index (χ4v) is 4.48. The van der Waals surface area contributed by atoms with Gasteiger partial charge in [-0.05, 0) is 52.9 Å². The van der Waals surface area contributed by atoms with Gasteiger partial charge in [0.25, 0.3) is 11.8 Å². The number of para-hydroxylation sites is 1. The molecule has 3 aromatic carbocycles. The second kappa shape index (κ2) is 13.7. The van der Waals surface area contributed by atoms with Gasteiger partial charge in [-0.1, -0.05) is 60.7 Å². The summed E-state index contributed by atoms with van der Waals surface area (Å²) in [5.74, 6) is -0.864. The summed E-state index contributed by atoms with van der Waals surface area (Å²) in [6, 6.07) is 25.4. The summed E-state index contributed by atoms with van der Waals surface area (Å²) in [5, 5.41) is 12.3. The highest BCUT2D eigenvalue weighted by atomic mass is 16.5. The predicted octanol–water partition coefficient (Wildman–Crippen LogP) is 4.85. The molecule has 0 spiro atoms. The highest BCUT2D eigenvalue weighted by Crippen LogP contribution is 2.29. The van der Waals surface area contributed by atoms with E-state index in [1.54, 1.807) is 60.8 Å². The second-order valence-corrected chi connectivity index (χ2v) is 9.13. The van der Waals surface area contributed by atoms with Gasteiger partial charge in [-0.3, -0.25) is 19.4 Å². The maximum Gasteiger partial charge on any atom is 0.305 e. The van der Waals surface area contributed by atoms with Crippen molar-refractivity contribution < 1.29 is 24.2 Å². The number of aromatic nitrogens is 1. The Morgan fingerprint density at radius 2 is 1.52 bits per heavy atom. The highest BCUT2D eigenvalue weighted by molar-refractivity contribution is 6.06. The van der Waals surface area contributed by atoms with E-state index in [0.29, 0.717) is 47.5 Å². The van der Waals surface area contributed by atoms with Crippen molar-refractivity contribution in [3.63, 3.8) is 0 Å². The molecule has 0 radical (unpaired) electrons. The molecule has 8 nitrogen and oxygen atoms in total. The number of nitrogens with zero attached hydrogens (tertiary/aromatic N) is 2. The highest BCUT2D eigenvalue weighted by Gasteiger charge is 2.23. The third kappa shape index (κ3) is 7.11. The van der Waals surface area contributed by atoms with Crippen molar-refractivity contribution in [2.24, 2.45) is 0 Å². The first kappa shape index (κ1) is 28.0. The molecule has 204 valence electrons. The van der Waals surface area contributed by atoms with Crippen LogP contribution in [0.3, 0.4) is 0 Å². The molecule has 40 heavy (non-hydrogen) atoms. The average molecular weight is 538 g/mol. The van der Waals surface area contributed by atoms with Crippen molar-refractivity contribution in [1.29, 1.82) is 0 Å². The number of nitrogens with one attached hydrogen (secondary N) is 1. The Morgan fingerprint density at radius 3 is 2.23 bits per heavy atom. The van der Waals surface area contributed by atoms with Crippen molar-refractivity contribution in [2.45, 2.75) is 19.4 Å². The van der Waals surface area contributed by atoms with Crippen molar-refractivity contribution in [3.05, 3.63) is 120 Å². The molecule has 0 atom stereocenters. The van der Waals surface area contributed by atoms with Gasteiger partial charge in [0.1, 0.15) is 5.75 Å². The molecular formula is C32H31N3O5. The number of carbonyl (C=O) groups excluding carboxylic acids is 2. The molecule has 1 aromatic heterocycles. The molecule has 0 bridgehead atoms. The summed E-state index contributed by atoms with van der Waals surface area (Å²) in [7, 11) is 1.59.